The van der Waals surface area contributed by atoms with Crippen LogP contribution in [0.25, 0.3) is 0 Å². The zero-order valence-corrected chi connectivity index (χ0v) is 9.04. The Morgan fingerprint density at radius 1 is 1.53 bits per heavy atom. The lowest BCUT2D eigenvalue weighted by molar-refractivity contribution is 0.238. The van der Waals surface area contributed by atoms with E-state index >= 15 is 0 Å². The van der Waals surface area contributed by atoms with Gasteiger partial charge in [-0.15, -0.1) is 0 Å². The quantitative estimate of drug-likeness (QED) is 0.841. The Hall–Kier alpha value is -0.800. The molecule has 1 saturated heterocycles. The van der Waals surface area contributed by atoms with Gasteiger partial charge in [-0.2, -0.15) is 0 Å². The fourth-order valence-electron chi connectivity index (χ4n) is 1.93. The standard InChI is InChI=1S/C11H13ClFNO/c12-9-1-2-10(13)11(5-9)14-4-3-8(6-14)7-15/h1-2,5,8,15H,3-4,6-7H2. The van der Waals surface area contributed by atoms with Crippen molar-refractivity contribution in [3.8, 4) is 0 Å². The van der Waals surface area contributed by atoms with E-state index in [0.29, 0.717) is 17.3 Å². The van der Waals surface area contributed by atoms with Gasteiger partial charge in [-0.3, -0.25) is 0 Å². The smallest absolute Gasteiger partial charge is 0.146 e. The highest BCUT2D eigenvalue weighted by Gasteiger charge is 2.23. The first-order valence-electron chi connectivity index (χ1n) is 5.01. The van der Waals surface area contributed by atoms with Crippen molar-refractivity contribution in [3.63, 3.8) is 0 Å². The maximum atomic E-state index is 13.5. The SMILES string of the molecule is OCC1CCN(c2cc(Cl)ccc2F)C1. The van der Waals surface area contributed by atoms with Crippen LogP contribution in [0.4, 0.5) is 10.1 Å². The fourth-order valence-corrected chi connectivity index (χ4v) is 2.09. The maximum absolute atomic E-state index is 13.5. The van der Waals surface area contributed by atoms with Crippen LogP contribution in [0.2, 0.25) is 5.02 Å². The molecule has 0 bridgehead atoms. The van der Waals surface area contributed by atoms with Crippen molar-refractivity contribution in [1.82, 2.24) is 0 Å². The van der Waals surface area contributed by atoms with E-state index in [1.165, 1.54) is 6.07 Å². The van der Waals surface area contributed by atoms with Crippen LogP contribution >= 0.6 is 11.6 Å². The average molecular weight is 230 g/mol. The number of nitrogens with zero attached hydrogens (tertiary/aromatic N) is 1. The molecular formula is C11H13ClFNO. The third-order valence-corrected chi connectivity index (χ3v) is 3.03. The van der Waals surface area contributed by atoms with Gasteiger partial charge < -0.3 is 10.0 Å². The molecule has 0 amide bonds. The molecule has 1 aromatic rings. The van der Waals surface area contributed by atoms with E-state index in [0.717, 1.165) is 13.0 Å². The van der Waals surface area contributed by atoms with Crippen molar-refractivity contribution in [1.29, 1.82) is 0 Å². The predicted octanol–water partition coefficient (Wildman–Crippen LogP) is 2.30. The Morgan fingerprint density at radius 2 is 2.33 bits per heavy atom. The lowest BCUT2D eigenvalue weighted by atomic mass is 10.1. The highest BCUT2D eigenvalue weighted by molar-refractivity contribution is 6.30. The van der Waals surface area contributed by atoms with E-state index in [1.807, 2.05) is 4.90 Å². The Kier molecular flexibility index (Phi) is 3.12. The molecule has 0 radical (unpaired) electrons. The first-order chi connectivity index (χ1) is 7.20. The van der Waals surface area contributed by atoms with Crippen molar-refractivity contribution in [3.05, 3.63) is 29.0 Å². The summed E-state index contributed by atoms with van der Waals surface area (Å²) in [5, 5.41) is 9.55. The van der Waals surface area contributed by atoms with E-state index in [2.05, 4.69) is 0 Å². The number of benzene rings is 1. The van der Waals surface area contributed by atoms with Gasteiger partial charge in [-0.05, 0) is 24.6 Å². The van der Waals surface area contributed by atoms with E-state index in [4.69, 9.17) is 16.7 Å². The number of aliphatic hydroxyl groups is 1. The van der Waals surface area contributed by atoms with Gasteiger partial charge >= 0.3 is 0 Å². The van der Waals surface area contributed by atoms with Gasteiger partial charge in [0.1, 0.15) is 5.82 Å². The Bertz CT molecular complexity index is 358. The van der Waals surface area contributed by atoms with Gasteiger partial charge in [0.25, 0.3) is 0 Å². The van der Waals surface area contributed by atoms with Gasteiger partial charge in [0.15, 0.2) is 0 Å². The minimum atomic E-state index is -0.252. The number of rotatable bonds is 2. The van der Waals surface area contributed by atoms with Crippen LogP contribution in [-0.2, 0) is 0 Å². The molecule has 0 spiro atoms. The lowest BCUT2D eigenvalue weighted by Crippen LogP contribution is -2.21. The molecule has 15 heavy (non-hydrogen) atoms. The molecule has 82 valence electrons. The summed E-state index contributed by atoms with van der Waals surface area (Å²) in [6, 6.07) is 4.56. The Labute approximate surface area is 93.3 Å². The minimum Gasteiger partial charge on any atom is -0.396 e. The van der Waals surface area contributed by atoms with Crippen molar-refractivity contribution >= 4 is 17.3 Å². The summed E-state index contributed by atoms with van der Waals surface area (Å²) in [4.78, 5) is 1.93. The average Bonchev–Trinajstić information content (AvgIpc) is 2.70. The zero-order chi connectivity index (χ0) is 10.8. The second-order valence-electron chi connectivity index (χ2n) is 3.88. The monoisotopic (exact) mass is 229 g/mol. The third kappa shape index (κ3) is 2.24. The summed E-state index contributed by atoms with van der Waals surface area (Å²) < 4.78 is 13.5. The van der Waals surface area contributed by atoms with Gasteiger partial charge in [-0.25, -0.2) is 4.39 Å². The zero-order valence-electron chi connectivity index (χ0n) is 8.29. The molecule has 1 fully saturated rings. The number of hydrogen-bond acceptors (Lipinski definition) is 2. The first kappa shape index (κ1) is 10.7. The van der Waals surface area contributed by atoms with Gasteiger partial charge in [-0.1, -0.05) is 11.6 Å². The molecule has 0 aromatic heterocycles. The molecule has 2 nitrogen and oxygen atoms in total. The number of hydrogen-bond donors (Lipinski definition) is 1. The summed E-state index contributed by atoms with van der Waals surface area (Å²) in [5.41, 5.74) is 0.540. The summed E-state index contributed by atoms with van der Waals surface area (Å²) in [6.45, 7) is 1.65. The fraction of sp³-hybridized carbons (Fsp3) is 0.455. The number of halogens is 2. The second kappa shape index (κ2) is 4.37. The molecule has 0 aliphatic carbocycles. The van der Waals surface area contributed by atoms with Crippen LogP contribution in [0.1, 0.15) is 6.42 Å². The number of aliphatic hydroxyl groups excluding tert-OH is 1. The van der Waals surface area contributed by atoms with E-state index in [1.54, 1.807) is 12.1 Å². The highest BCUT2D eigenvalue weighted by Crippen LogP contribution is 2.28. The molecule has 1 aromatic carbocycles. The van der Waals surface area contributed by atoms with E-state index < -0.39 is 0 Å². The van der Waals surface area contributed by atoms with Gasteiger partial charge in [0, 0.05) is 30.6 Å². The van der Waals surface area contributed by atoms with E-state index in [-0.39, 0.29) is 18.3 Å². The summed E-state index contributed by atoms with van der Waals surface area (Å²) in [7, 11) is 0. The summed E-state index contributed by atoms with van der Waals surface area (Å²) >= 11 is 5.82. The Balaban J connectivity index is 2.19. The van der Waals surface area contributed by atoms with Crippen molar-refractivity contribution < 1.29 is 9.50 Å². The third-order valence-electron chi connectivity index (χ3n) is 2.79. The van der Waals surface area contributed by atoms with Crippen molar-refractivity contribution in [2.24, 2.45) is 5.92 Å². The number of anilines is 1. The Morgan fingerprint density at radius 3 is 3.00 bits per heavy atom. The molecule has 1 aliphatic rings. The van der Waals surface area contributed by atoms with Crippen LogP contribution in [0, 0.1) is 11.7 Å². The van der Waals surface area contributed by atoms with Gasteiger partial charge in [0.05, 0.1) is 5.69 Å². The molecule has 1 unspecified atom stereocenters. The van der Waals surface area contributed by atoms with Crippen molar-refractivity contribution in [2.45, 2.75) is 6.42 Å². The minimum absolute atomic E-state index is 0.165. The molecule has 4 heteroatoms. The predicted molar refractivity (Wildman–Crippen MR) is 58.8 cm³/mol. The molecule has 1 atom stereocenters. The topological polar surface area (TPSA) is 23.5 Å². The first-order valence-corrected chi connectivity index (χ1v) is 5.39. The van der Waals surface area contributed by atoms with Crippen molar-refractivity contribution in [2.75, 3.05) is 24.6 Å². The lowest BCUT2D eigenvalue weighted by Gasteiger charge is -2.19. The molecule has 1 aliphatic heterocycles. The van der Waals surface area contributed by atoms with E-state index in [9.17, 15) is 4.39 Å². The highest BCUT2D eigenvalue weighted by atomic mass is 35.5. The largest absolute Gasteiger partial charge is 0.396 e. The molecule has 2 rings (SSSR count). The maximum Gasteiger partial charge on any atom is 0.146 e. The second-order valence-corrected chi connectivity index (χ2v) is 4.32. The molecule has 1 heterocycles. The van der Waals surface area contributed by atoms with Crippen LogP contribution in [0.15, 0.2) is 18.2 Å². The van der Waals surface area contributed by atoms with Crippen LogP contribution in [0.5, 0.6) is 0 Å². The molecule has 1 N–H and O–H groups in total. The molecular weight excluding hydrogens is 217 g/mol. The summed E-state index contributed by atoms with van der Waals surface area (Å²) in [6.07, 6.45) is 0.905. The molecule has 0 saturated carbocycles. The van der Waals surface area contributed by atoms with Crippen LogP contribution in [-0.4, -0.2) is 24.8 Å². The van der Waals surface area contributed by atoms with Crippen LogP contribution in [0.3, 0.4) is 0 Å². The van der Waals surface area contributed by atoms with Gasteiger partial charge in [0.2, 0.25) is 0 Å². The summed E-state index contributed by atoms with van der Waals surface area (Å²) in [5.74, 6) is 0.00127. The van der Waals surface area contributed by atoms with Crippen LogP contribution < -0.4 is 4.90 Å². The normalized spacial score (nSPS) is 21.0.